The Morgan fingerprint density at radius 1 is 1.29 bits per heavy atom. The highest BCUT2D eigenvalue weighted by Gasteiger charge is 2.09. The lowest BCUT2D eigenvalue weighted by atomic mass is 10.3. The van der Waals surface area contributed by atoms with Crippen LogP contribution in [0.25, 0.3) is 5.82 Å². The first-order valence-corrected chi connectivity index (χ1v) is 7.03. The van der Waals surface area contributed by atoms with Crippen molar-refractivity contribution in [2.24, 2.45) is 0 Å². The van der Waals surface area contributed by atoms with E-state index in [2.05, 4.69) is 20.5 Å². The lowest BCUT2D eigenvalue weighted by Gasteiger charge is -2.09. The maximum absolute atomic E-state index is 12.1. The quantitative estimate of drug-likeness (QED) is 0.731. The molecule has 0 unspecified atom stereocenters. The Balaban J connectivity index is 1.76. The summed E-state index contributed by atoms with van der Waals surface area (Å²) in [4.78, 5) is 27.8. The molecule has 0 aliphatic carbocycles. The van der Waals surface area contributed by atoms with Gasteiger partial charge in [-0.3, -0.25) is 9.59 Å². The molecule has 9 nitrogen and oxygen atoms in total. The third-order valence-corrected chi connectivity index (χ3v) is 3.15. The number of ether oxygens (including phenoxy) is 1. The molecule has 0 aliphatic heterocycles. The molecule has 9 heteroatoms. The van der Waals surface area contributed by atoms with Crippen LogP contribution in [0, 0.1) is 0 Å². The van der Waals surface area contributed by atoms with E-state index < -0.39 is 0 Å². The number of anilines is 1. The smallest absolute Gasteiger partial charge is 0.267 e. The van der Waals surface area contributed by atoms with Crippen LogP contribution >= 0.6 is 0 Å². The zero-order valence-electron chi connectivity index (χ0n) is 12.8. The fourth-order valence-corrected chi connectivity index (χ4v) is 2.04. The van der Waals surface area contributed by atoms with E-state index in [0.717, 1.165) is 4.68 Å². The van der Waals surface area contributed by atoms with Crippen molar-refractivity contribution in [1.82, 2.24) is 24.5 Å². The van der Waals surface area contributed by atoms with Crippen LogP contribution in [-0.2, 0) is 11.3 Å². The summed E-state index contributed by atoms with van der Waals surface area (Å²) >= 11 is 0. The topological polar surface area (TPSA) is 104 Å². The number of hydrogen-bond acceptors (Lipinski definition) is 6. The van der Waals surface area contributed by atoms with E-state index in [1.54, 1.807) is 31.4 Å². The SMILES string of the molecule is COc1cccc(NC(=O)Cn2nc(-n3cncn3)ccc2=O)c1. The maximum Gasteiger partial charge on any atom is 0.267 e. The van der Waals surface area contributed by atoms with Gasteiger partial charge in [-0.2, -0.15) is 5.10 Å². The molecule has 0 saturated carbocycles. The Hall–Kier alpha value is -3.49. The molecule has 1 amide bonds. The van der Waals surface area contributed by atoms with Gasteiger partial charge in [0.2, 0.25) is 5.91 Å². The van der Waals surface area contributed by atoms with E-state index in [4.69, 9.17) is 4.74 Å². The molecule has 0 bridgehead atoms. The Morgan fingerprint density at radius 2 is 2.17 bits per heavy atom. The second-order valence-electron chi connectivity index (χ2n) is 4.81. The van der Waals surface area contributed by atoms with Crippen molar-refractivity contribution in [1.29, 1.82) is 0 Å². The molecule has 2 heterocycles. The number of nitrogens with zero attached hydrogens (tertiary/aromatic N) is 5. The second kappa shape index (κ2) is 6.73. The number of amides is 1. The lowest BCUT2D eigenvalue weighted by Crippen LogP contribution is -2.30. The number of rotatable bonds is 5. The number of aromatic nitrogens is 5. The zero-order chi connectivity index (χ0) is 16.9. The molecule has 0 spiro atoms. The lowest BCUT2D eigenvalue weighted by molar-refractivity contribution is -0.117. The van der Waals surface area contributed by atoms with Crippen molar-refractivity contribution < 1.29 is 9.53 Å². The fourth-order valence-electron chi connectivity index (χ4n) is 2.04. The van der Waals surface area contributed by atoms with Gasteiger partial charge in [-0.1, -0.05) is 6.07 Å². The minimum Gasteiger partial charge on any atom is -0.497 e. The van der Waals surface area contributed by atoms with Crippen LogP contribution in [-0.4, -0.2) is 37.6 Å². The van der Waals surface area contributed by atoms with Crippen molar-refractivity contribution >= 4 is 11.6 Å². The van der Waals surface area contributed by atoms with Crippen LogP contribution in [0.4, 0.5) is 5.69 Å². The molecule has 0 radical (unpaired) electrons. The number of hydrogen-bond donors (Lipinski definition) is 1. The van der Waals surface area contributed by atoms with Crippen LogP contribution in [0.15, 0.2) is 53.8 Å². The Morgan fingerprint density at radius 3 is 2.92 bits per heavy atom. The maximum atomic E-state index is 12.1. The molecular weight excluding hydrogens is 312 g/mol. The summed E-state index contributed by atoms with van der Waals surface area (Å²) in [6.45, 7) is -0.224. The monoisotopic (exact) mass is 326 g/mol. The average molecular weight is 326 g/mol. The number of carbonyl (C=O) groups is 1. The Labute approximate surface area is 136 Å². The molecule has 0 fully saturated rings. The molecule has 2 aromatic heterocycles. The van der Waals surface area contributed by atoms with Gasteiger partial charge in [0.25, 0.3) is 5.56 Å². The fraction of sp³-hybridized carbons (Fsp3) is 0.133. The molecular formula is C15H14N6O3. The van der Waals surface area contributed by atoms with Crippen molar-refractivity contribution in [2.45, 2.75) is 6.54 Å². The number of methoxy groups -OCH3 is 1. The number of benzene rings is 1. The van der Waals surface area contributed by atoms with Crippen LogP contribution < -0.4 is 15.6 Å². The molecule has 0 saturated heterocycles. The normalized spacial score (nSPS) is 10.4. The van der Waals surface area contributed by atoms with Crippen LogP contribution in [0.1, 0.15) is 0 Å². The van der Waals surface area contributed by atoms with Gasteiger partial charge in [0.15, 0.2) is 5.82 Å². The van der Waals surface area contributed by atoms with Crippen molar-refractivity contribution in [3.05, 3.63) is 59.4 Å². The van der Waals surface area contributed by atoms with Gasteiger partial charge in [0.1, 0.15) is 24.9 Å². The highest BCUT2D eigenvalue weighted by atomic mass is 16.5. The largest absolute Gasteiger partial charge is 0.497 e. The van der Waals surface area contributed by atoms with E-state index in [-0.39, 0.29) is 18.0 Å². The summed E-state index contributed by atoms with van der Waals surface area (Å²) < 4.78 is 7.56. The number of nitrogens with one attached hydrogen (secondary N) is 1. The average Bonchev–Trinajstić information content (AvgIpc) is 3.11. The molecule has 1 aromatic carbocycles. The summed E-state index contributed by atoms with van der Waals surface area (Å²) in [5.41, 5.74) is 0.180. The standard InChI is InChI=1S/C15H14N6O3/c1-24-12-4-2-3-11(7-12)18-14(22)8-20-15(23)6-5-13(19-20)21-10-16-9-17-21/h2-7,9-10H,8H2,1H3,(H,18,22). The van der Waals surface area contributed by atoms with Crippen LogP contribution in [0.5, 0.6) is 5.75 Å². The van der Waals surface area contributed by atoms with E-state index in [1.807, 2.05) is 0 Å². The first kappa shape index (κ1) is 15.4. The van der Waals surface area contributed by atoms with Gasteiger partial charge < -0.3 is 10.1 Å². The van der Waals surface area contributed by atoms with E-state index in [0.29, 0.717) is 17.3 Å². The minimum absolute atomic E-state index is 0.224. The third-order valence-electron chi connectivity index (χ3n) is 3.15. The van der Waals surface area contributed by atoms with E-state index in [1.165, 1.54) is 29.5 Å². The molecule has 24 heavy (non-hydrogen) atoms. The van der Waals surface area contributed by atoms with Crippen molar-refractivity contribution in [3.8, 4) is 11.6 Å². The molecule has 3 aromatic rings. The number of carbonyl (C=O) groups excluding carboxylic acids is 1. The minimum atomic E-state index is -0.389. The summed E-state index contributed by atoms with van der Waals surface area (Å²) in [6.07, 6.45) is 2.81. The van der Waals surface area contributed by atoms with E-state index >= 15 is 0 Å². The first-order valence-electron chi connectivity index (χ1n) is 7.03. The van der Waals surface area contributed by atoms with Crippen LogP contribution in [0.3, 0.4) is 0 Å². The summed E-state index contributed by atoms with van der Waals surface area (Å²) in [7, 11) is 1.54. The molecule has 3 rings (SSSR count). The van der Waals surface area contributed by atoms with Gasteiger partial charge in [0, 0.05) is 17.8 Å². The summed E-state index contributed by atoms with van der Waals surface area (Å²) in [5.74, 6) is 0.631. The molecule has 122 valence electrons. The summed E-state index contributed by atoms with van der Waals surface area (Å²) in [5, 5.41) is 10.7. The molecule has 1 N–H and O–H groups in total. The zero-order valence-corrected chi connectivity index (χ0v) is 12.8. The van der Waals surface area contributed by atoms with Gasteiger partial charge >= 0.3 is 0 Å². The summed E-state index contributed by atoms with van der Waals surface area (Å²) in [6, 6.07) is 9.76. The van der Waals surface area contributed by atoms with Gasteiger partial charge in [-0.15, -0.1) is 5.10 Å². The predicted octanol–water partition coefficient (Wildman–Crippen LogP) is 0.471. The van der Waals surface area contributed by atoms with Crippen molar-refractivity contribution in [3.63, 3.8) is 0 Å². The van der Waals surface area contributed by atoms with E-state index in [9.17, 15) is 9.59 Å². The van der Waals surface area contributed by atoms with Gasteiger partial charge in [-0.25, -0.2) is 14.3 Å². The molecule has 0 atom stereocenters. The highest BCUT2D eigenvalue weighted by molar-refractivity contribution is 5.90. The first-order chi connectivity index (χ1) is 11.7. The molecule has 0 aliphatic rings. The highest BCUT2D eigenvalue weighted by Crippen LogP contribution is 2.16. The Kier molecular flexibility index (Phi) is 4.32. The third kappa shape index (κ3) is 3.46. The Bertz CT molecular complexity index is 904. The predicted molar refractivity (Wildman–Crippen MR) is 85.0 cm³/mol. The van der Waals surface area contributed by atoms with Crippen LogP contribution in [0.2, 0.25) is 0 Å². The van der Waals surface area contributed by atoms with Gasteiger partial charge in [-0.05, 0) is 18.2 Å². The second-order valence-corrected chi connectivity index (χ2v) is 4.81. The van der Waals surface area contributed by atoms with Gasteiger partial charge in [0.05, 0.1) is 7.11 Å². The van der Waals surface area contributed by atoms with Crippen molar-refractivity contribution in [2.75, 3.05) is 12.4 Å².